The molecular formula is C22H27Cl2NO4. The molecule has 0 unspecified atom stereocenters. The number of methoxy groups -OCH3 is 2. The second-order valence-electron chi connectivity index (χ2n) is 7.10. The standard InChI is InChI=1S/C22H27Cl2NO4/c1-14(2)7-5-6-10-29-21-15(8-9-20(27-3)22(21)28-4)19(26)11-16-17(23)12-25-13-18(16)24/h8-9,12-14H,5-7,10-11H2,1-4H3. The largest absolute Gasteiger partial charge is 0.493 e. The first kappa shape index (κ1) is 23.3. The Bertz CT molecular complexity index is 820. The molecule has 0 aliphatic rings. The minimum absolute atomic E-state index is 0.0272. The van der Waals surface area contributed by atoms with Crippen LogP contribution >= 0.6 is 23.2 Å². The minimum Gasteiger partial charge on any atom is -0.493 e. The topological polar surface area (TPSA) is 57.7 Å². The van der Waals surface area contributed by atoms with Crippen LogP contribution in [0.3, 0.4) is 0 Å². The SMILES string of the molecule is COc1ccc(C(=O)Cc2c(Cl)cncc2Cl)c(OCCCCC(C)C)c1OC. The molecule has 0 aliphatic heterocycles. The van der Waals surface area contributed by atoms with Crippen molar-refractivity contribution in [2.75, 3.05) is 20.8 Å². The molecule has 1 aromatic heterocycles. The number of halogens is 2. The van der Waals surface area contributed by atoms with E-state index in [0.717, 1.165) is 19.3 Å². The smallest absolute Gasteiger partial charge is 0.204 e. The molecule has 0 atom stereocenters. The fourth-order valence-electron chi connectivity index (χ4n) is 2.95. The summed E-state index contributed by atoms with van der Waals surface area (Å²) in [6.45, 7) is 4.86. The van der Waals surface area contributed by atoms with Gasteiger partial charge in [-0.3, -0.25) is 9.78 Å². The van der Waals surface area contributed by atoms with Gasteiger partial charge in [0.15, 0.2) is 17.3 Å². The Kier molecular flexibility index (Phi) is 9.05. The van der Waals surface area contributed by atoms with Gasteiger partial charge in [-0.05, 0) is 30.9 Å². The van der Waals surface area contributed by atoms with Crippen molar-refractivity contribution in [1.82, 2.24) is 4.98 Å². The molecular weight excluding hydrogens is 413 g/mol. The molecule has 0 fully saturated rings. The van der Waals surface area contributed by atoms with Gasteiger partial charge in [-0.2, -0.15) is 0 Å². The first-order valence-corrected chi connectivity index (χ1v) is 10.3. The van der Waals surface area contributed by atoms with Crippen LogP contribution in [0.5, 0.6) is 17.2 Å². The number of ether oxygens (including phenoxy) is 3. The third-order valence-electron chi connectivity index (χ3n) is 4.51. The maximum Gasteiger partial charge on any atom is 0.204 e. The summed E-state index contributed by atoms with van der Waals surface area (Å²) in [5, 5.41) is 0.699. The molecule has 158 valence electrons. The van der Waals surface area contributed by atoms with Crippen molar-refractivity contribution in [2.45, 2.75) is 39.5 Å². The number of carbonyl (C=O) groups excluding carboxylic acids is 1. The van der Waals surface area contributed by atoms with E-state index in [9.17, 15) is 4.79 Å². The van der Waals surface area contributed by atoms with Gasteiger partial charge in [0.05, 0.1) is 36.4 Å². The van der Waals surface area contributed by atoms with Crippen molar-refractivity contribution in [3.63, 3.8) is 0 Å². The number of unbranched alkanes of at least 4 members (excludes halogenated alkanes) is 1. The van der Waals surface area contributed by atoms with Gasteiger partial charge in [0.1, 0.15) is 0 Å². The van der Waals surface area contributed by atoms with E-state index in [4.69, 9.17) is 37.4 Å². The van der Waals surface area contributed by atoms with E-state index in [0.29, 0.717) is 50.9 Å². The summed E-state index contributed by atoms with van der Waals surface area (Å²) < 4.78 is 16.8. The predicted octanol–water partition coefficient (Wildman–Crippen LogP) is 6.04. The Morgan fingerprint density at radius 2 is 1.72 bits per heavy atom. The van der Waals surface area contributed by atoms with Gasteiger partial charge >= 0.3 is 0 Å². The van der Waals surface area contributed by atoms with Crippen LogP contribution < -0.4 is 14.2 Å². The number of Topliss-reactive ketones (excluding diaryl/α,β-unsaturated/α-hetero) is 1. The molecule has 29 heavy (non-hydrogen) atoms. The number of carbonyl (C=O) groups is 1. The normalized spacial score (nSPS) is 10.9. The highest BCUT2D eigenvalue weighted by Gasteiger charge is 2.23. The lowest BCUT2D eigenvalue weighted by atomic mass is 10.0. The average Bonchev–Trinajstić information content (AvgIpc) is 2.69. The summed E-state index contributed by atoms with van der Waals surface area (Å²) in [6.07, 6.45) is 6.03. The molecule has 0 spiro atoms. The number of ketones is 1. The zero-order chi connectivity index (χ0) is 21.4. The minimum atomic E-state index is -0.182. The van der Waals surface area contributed by atoms with E-state index in [2.05, 4.69) is 18.8 Å². The molecule has 0 radical (unpaired) electrons. The lowest BCUT2D eigenvalue weighted by molar-refractivity contribution is 0.0988. The maximum atomic E-state index is 13.1. The van der Waals surface area contributed by atoms with Gasteiger partial charge in [-0.25, -0.2) is 0 Å². The predicted molar refractivity (Wildman–Crippen MR) is 116 cm³/mol. The molecule has 0 N–H and O–H groups in total. The molecule has 0 saturated carbocycles. The second-order valence-corrected chi connectivity index (χ2v) is 7.91. The Morgan fingerprint density at radius 3 is 2.31 bits per heavy atom. The summed E-state index contributed by atoms with van der Waals surface area (Å²) >= 11 is 12.4. The lowest BCUT2D eigenvalue weighted by Gasteiger charge is -2.17. The van der Waals surface area contributed by atoms with Crippen LogP contribution in [0.15, 0.2) is 24.5 Å². The number of rotatable bonds is 11. The first-order valence-electron chi connectivity index (χ1n) is 9.57. The Balaban J connectivity index is 2.28. The molecule has 7 heteroatoms. The number of nitrogens with zero attached hydrogens (tertiary/aromatic N) is 1. The van der Waals surface area contributed by atoms with Crippen LogP contribution in [0.25, 0.3) is 0 Å². The Labute approximate surface area is 182 Å². The van der Waals surface area contributed by atoms with Crippen molar-refractivity contribution >= 4 is 29.0 Å². The highest BCUT2D eigenvalue weighted by atomic mass is 35.5. The zero-order valence-electron chi connectivity index (χ0n) is 17.3. The fraction of sp³-hybridized carbons (Fsp3) is 0.455. The van der Waals surface area contributed by atoms with Crippen molar-refractivity contribution in [3.05, 3.63) is 45.7 Å². The Hall–Kier alpha value is -1.98. The monoisotopic (exact) mass is 439 g/mol. The van der Waals surface area contributed by atoms with Gasteiger partial charge in [0.25, 0.3) is 0 Å². The molecule has 0 saturated heterocycles. The third kappa shape index (κ3) is 6.25. The van der Waals surface area contributed by atoms with Crippen LogP contribution in [-0.2, 0) is 6.42 Å². The lowest BCUT2D eigenvalue weighted by Crippen LogP contribution is -2.10. The van der Waals surface area contributed by atoms with Gasteiger partial charge in [-0.1, -0.05) is 43.5 Å². The highest BCUT2D eigenvalue weighted by molar-refractivity contribution is 6.36. The molecule has 0 aliphatic carbocycles. The number of pyridine rings is 1. The zero-order valence-corrected chi connectivity index (χ0v) is 18.8. The average molecular weight is 440 g/mol. The number of benzene rings is 1. The third-order valence-corrected chi connectivity index (χ3v) is 5.16. The quantitative estimate of drug-likeness (QED) is 0.315. The molecule has 0 bridgehead atoms. The molecule has 2 aromatic rings. The molecule has 0 amide bonds. The molecule has 1 aromatic carbocycles. The van der Waals surface area contributed by atoms with E-state index >= 15 is 0 Å². The number of hydrogen-bond donors (Lipinski definition) is 0. The summed E-state index contributed by atoms with van der Waals surface area (Å²) in [6, 6.07) is 3.36. The van der Waals surface area contributed by atoms with Crippen LogP contribution in [0.4, 0.5) is 0 Å². The van der Waals surface area contributed by atoms with Crippen molar-refractivity contribution in [3.8, 4) is 17.2 Å². The van der Waals surface area contributed by atoms with E-state index < -0.39 is 0 Å². The van der Waals surface area contributed by atoms with Gasteiger partial charge in [0, 0.05) is 24.4 Å². The number of hydrogen-bond acceptors (Lipinski definition) is 5. The van der Waals surface area contributed by atoms with Gasteiger partial charge in [0.2, 0.25) is 5.75 Å². The van der Waals surface area contributed by atoms with E-state index in [1.807, 2.05) is 0 Å². The maximum absolute atomic E-state index is 13.1. The first-order chi connectivity index (χ1) is 13.9. The molecule has 1 heterocycles. The van der Waals surface area contributed by atoms with Crippen LogP contribution in [0.1, 0.15) is 49.0 Å². The van der Waals surface area contributed by atoms with Gasteiger partial charge < -0.3 is 14.2 Å². The van der Waals surface area contributed by atoms with Crippen molar-refractivity contribution < 1.29 is 19.0 Å². The summed E-state index contributed by atoms with van der Waals surface area (Å²) in [7, 11) is 3.07. The van der Waals surface area contributed by atoms with Crippen LogP contribution in [-0.4, -0.2) is 31.6 Å². The van der Waals surface area contributed by atoms with Gasteiger partial charge in [-0.15, -0.1) is 0 Å². The molecule has 5 nitrogen and oxygen atoms in total. The summed E-state index contributed by atoms with van der Waals surface area (Å²) in [5.41, 5.74) is 0.932. The molecule has 2 rings (SSSR count). The summed E-state index contributed by atoms with van der Waals surface area (Å²) in [5.74, 6) is 1.74. The highest BCUT2D eigenvalue weighted by Crippen LogP contribution is 2.41. The van der Waals surface area contributed by atoms with E-state index in [1.165, 1.54) is 19.5 Å². The van der Waals surface area contributed by atoms with E-state index in [1.54, 1.807) is 19.2 Å². The van der Waals surface area contributed by atoms with E-state index in [-0.39, 0.29) is 12.2 Å². The van der Waals surface area contributed by atoms with Crippen molar-refractivity contribution in [2.24, 2.45) is 5.92 Å². The number of aromatic nitrogens is 1. The van der Waals surface area contributed by atoms with Crippen LogP contribution in [0.2, 0.25) is 10.0 Å². The Morgan fingerprint density at radius 1 is 1.03 bits per heavy atom. The van der Waals surface area contributed by atoms with Crippen molar-refractivity contribution in [1.29, 1.82) is 0 Å². The summed E-state index contributed by atoms with van der Waals surface area (Å²) in [4.78, 5) is 17.0. The fourth-order valence-corrected chi connectivity index (χ4v) is 3.45. The van der Waals surface area contributed by atoms with Crippen LogP contribution in [0, 0.1) is 5.92 Å². The second kappa shape index (κ2) is 11.3.